The molecule has 17 heavy (non-hydrogen) atoms. The number of carbonyl (C=O) groups excluding carboxylic acids is 1. The number of nitrogens with one attached hydrogen (secondary N) is 2. The molecule has 1 amide bonds. The van der Waals surface area contributed by atoms with Crippen LogP contribution in [0.15, 0.2) is 12.1 Å². The van der Waals surface area contributed by atoms with Gasteiger partial charge in [0.05, 0.1) is 11.3 Å². The van der Waals surface area contributed by atoms with E-state index in [9.17, 15) is 4.79 Å². The van der Waals surface area contributed by atoms with Crippen LogP contribution in [0.3, 0.4) is 0 Å². The van der Waals surface area contributed by atoms with Gasteiger partial charge in [-0.1, -0.05) is 0 Å². The van der Waals surface area contributed by atoms with Gasteiger partial charge in [0.1, 0.15) is 0 Å². The largest absolute Gasteiger partial charge is 0.352 e. The van der Waals surface area contributed by atoms with Gasteiger partial charge in [-0.25, -0.2) is 0 Å². The molecular formula is C13H17N3O. The molecule has 0 saturated carbocycles. The third-order valence-electron chi connectivity index (χ3n) is 3.65. The standard InChI is InChI=1S/C13H17N3O/c17-13-10-1-2-11(9-3-6-14-7-4-9)16-12(10)5-8-15-13/h1-2,9,14H,3-8H2,(H,15,17). The van der Waals surface area contributed by atoms with Crippen LogP contribution >= 0.6 is 0 Å². The lowest BCUT2D eigenvalue weighted by Crippen LogP contribution is -2.33. The molecule has 2 aliphatic heterocycles. The number of rotatable bonds is 1. The van der Waals surface area contributed by atoms with Crippen LogP contribution in [0.4, 0.5) is 0 Å². The molecule has 0 atom stereocenters. The lowest BCUT2D eigenvalue weighted by molar-refractivity contribution is 0.0945. The topological polar surface area (TPSA) is 54.0 Å². The van der Waals surface area contributed by atoms with E-state index in [-0.39, 0.29) is 5.91 Å². The summed E-state index contributed by atoms with van der Waals surface area (Å²) in [7, 11) is 0. The molecule has 0 aliphatic carbocycles. The highest BCUT2D eigenvalue weighted by Gasteiger charge is 2.21. The van der Waals surface area contributed by atoms with E-state index in [1.165, 1.54) is 5.69 Å². The second kappa shape index (κ2) is 4.45. The summed E-state index contributed by atoms with van der Waals surface area (Å²) in [5.41, 5.74) is 2.90. The van der Waals surface area contributed by atoms with Gasteiger partial charge >= 0.3 is 0 Å². The fourth-order valence-corrected chi connectivity index (χ4v) is 2.65. The Bertz CT molecular complexity index is 438. The van der Waals surface area contributed by atoms with Crippen molar-refractivity contribution in [2.45, 2.75) is 25.2 Å². The maximum absolute atomic E-state index is 11.6. The van der Waals surface area contributed by atoms with Crippen LogP contribution in [0.1, 0.15) is 40.5 Å². The lowest BCUT2D eigenvalue weighted by atomic mass is 9.93. The number of piperidine rings is 1. The van der Waals surface area contributed by atoms with Crippen molar-refractivity contribution in [3.63, 3.8) is 0 Å². The summed E-state index contributed by atoms with van der Waals surface area (Å²) in [5, 5.41) is 6.21. The van der Waals surface area contributed by atoms with E-state index >= 15 is 0 Å². The molecule has 3 rings (SSSR count). The van der Waals surface area contributed by atoms with Gasteiger partial charge in [0.15, 0.2) is 0 Å². The number of pyridine rings is 1. The van der Waals surface area contributed by atoms with E-state index in [4.69, 9.17) is 4.98 Å². The highest BCUT2D eigenvalue weighted by molar-refractivity contribution is 5.96. The Hall–Kier alpha value is -1.42. The molecule has 2 aliphatic rings. The number of hydrogen-bond acceptors (Lipinski definition) is 3. The zero-order valence-corrected chi connectivity index (χ0v) is 9.83. The fraction of sp³-hybridized carbons (Fsp3) is 0.538. The molecule has 1 aromatic rings. The van der Waals surface area contributed by atoms with Gasteiger partial charge < -0.3 is 10.6 Å². The summed E-state index contributed by atoms with van der Waals surface area (Å²) in [6, 6.07) is 3.97. The van der Waals surface area contributed by atoms with Gasteiger partial charge in [0, 0.05) is 24.6 Å². The monoisotopic (exact) mass is 231 g/mol. The zero-order valence-electron chi connectivity index (χ0n) is 9.83. The van der Waals surface area contributed by atoms with E-state index in [0.29, 0.717) is 12.5 Å². The molecular weight excluding hydrogens is 214 g/mol. The molecule has 0 bridgehead atoms. The minimum atomic E-state index is 0.0237. The Morgan fingerprint density at radius 1 is 1.18 bits per heavy atom. The van der Waals surface area contributed by atoms with E-state index in [2.05, 4.69) is 10.6 Å². The first kappa shape index (κ1) is 10.7. The van der Waals surface area contributed by atoms with Crippen LogP contribution in [-0.2, 0) is 6.42 Å². The Balaban J connectivity index is 1.89. The number of hydrogen-bond donors (Lipinski definition) is 2. The van der Waals surface area contributed by atoms with Crippen molar-refractivity contribution in [2.24, 2.45) is 0 Å². The molecule has 3 heterocycles. The number of aromatic nitrogens is 1. The summed E-state index contributed by atoms with van der Waals surface area (Å²) in [6.45, 7) is 2.86. The summed E-state index contributed by atoms with van der Waals surface area (Å²) < 4.78 is 0. The highest BCUT2D eigenvalue weighted by atomic mass is 16.1. The Labute approximate surface area is 101 Å². The summed E-state index contributed by atoms with van der Waals surface area (Å²) in [6.07, 6.45) is 3.16. The molecule has 4 nitrogen and oxygen atoms in total. The minimum Gasteiger partial charge on any atom is -0.352 e. The maximum Gasteiger partial charge on any atom is 0.253 e. The van der Waals surface area contributed by atoms with Crippen molar-refractivity contribution in [3.8, 4) is 0 Å². The first-order valence-corrected chi connectivity index (χ1v) is 6.33. The van der Waals surface area contributed by atoms with Crippen LogP contribution in [0, 0.1) is 0 Å². The van der Waals surface area contributed by atoms with Gasteiger partial charge in [0.2, 0.25) is 0 Å². The smallest absolute Gasteiger partial charge is 0.253 e. The van der Waals surface area contributed by atoms with Crippen molar-refractivity contribution in [1.82, 2.24) is 15.6 Å². The lowest BCUT2D eigenvalue weighted by Gasteiger charge is -2.24. The molecule has 1 saturated heterocycles. The SMILES string of the molecule is O=C1NCCc2nc(C3CCNCC3)ccc21. The summed E-state index contributed by atoms with van der Waals surface area (Å²) in [4.78, 5) is 16.3. The molecule has 0 radical (unpaired) electrons. The fourth-order valence-electron chi connectivity index (χ4n) is 2.65. The van der Waals surface area contributed by atoms with Crippen molar-refractivity contribution < 1.29 is 4.79 Å². The molecule has 90 valence electrons. The maximum atomic E-state index is 11.6. The van der Waals surface area contributed by atoms with Crippen LogP contribution in [0.2, 0.25) is 0 Å². The zero-order chi connectivity index (χ0) is 11.7. The Kier molecular flexibility index (Phi) is 2.81. The Morgan fingerprint density at radius 3 is 2.82 bits per heavy atom. The van der Waals surface area contributed by atoms with Gasteiger partial charge in [0.25, 0.3) is 5.91 Å². The van der Waals surface area contributed by atoms with Crippen LogP contribution in [0.25, 0.3) is 0 Å². The molecule has 2 N–H and O–H groups in total. The Morgan fingerprint density at radius 2 is 2.00 bits per heavy atom. The second-order valence-electron chi connectivity index (χ2n) is 4.76. The summed E-state index contributed by atoms with van der Waals surface area (Å²) in [5.74, 6) is 0.585. The van der Waals surface area contributed by atoms with Gasteiger partial charge in [-0.05, 0) is 38.1 Å². The minimum absolute atomic E-state index is 0.0237. The van der Waals surface area contributed by atoms with E-state index in [1.54, 1.807) is 0 Å². The molecule has 4 heteroatoms. The summed E-state index contributed by atoms with van der Waals surface area (Å²) >= 11 is 0. The molecule has 0 spiro atoms. The van der Waals surface area contributed by atoms with Gasteiger partial charge in [-0.15, -0.1) is 0 Å². The molecule has 0 aromatic carbocycles. The van der Waals surface area contributed by atoms with Crippen molar-refractivity contribution in [1.29, 1.82) is 0 Å². The molecule has 1 aromatic heterocycles. The average molecular weight is 231 g/mol. The van der Waals surface area contributed by atoms with Gasteiger partial charge in [-0.3, -0.25) is 9.78 Å². The van der Waals surface area contributed by atoms with Crippen LogP contribution in [-0.4, -0.2) is 30.5 Å². The van der Waals surface area contributed by atoms with Gasteiger partial charge in [-0.2, -0.15) is 0 Å². The highest BCUT2D eigenvalue weighted by Crippen LogP contribution is 2.25. The number of nitrogens with zero attached hydrogens (tertiary/aromatic N) is 1. The quantitative estimate of drug-likeness (QED) is 0.753. The van der Waals surface area contributed by atoms with Crippen molar-refractivity contribution >= 4 is 5.91 Å². The number of amides is 1. The third kappa shape index (κ3) is 2.05. The third-order valence-corrected chi connectivity index (χ3v) is 3.65. The predicted octanol–water partition coefficient (Wildman–Crippen LogP) is 0.835. The first-order valence-electron chi connectivity index (χ1n) is 6.33. The van der Waals surface area contributed by atoms with E-state index in [0.717, 1.165) is 43.6 Å². The second-order valence-corrected chi connectivity index (χ2v) is 4.76. The normalized spacial score (nSPS) is 20.8. The van der Waals surface area contributed by atoms with Crippen molar-refractivity contribution in [3.05, 3.63) is 29.1 Å². The first-order chi connectivity index (χ1) is 8.34. The molecule has 1 fully saturated rings. The average Bonchev–Trinajstić information content (AvgIpc) is 2.40. The molecule has 0 unspecified atom stereocenters. The van der Waals surface area contributed by atoms with Crippen LogP contribution in [0.5, 0.6) is 0 Å². The van der Waals surface area contributed by atoms with E-state index < -0.39 is 0 Å². The number of fused-ring (bicyclic) bond motifs is 1. The van der Waals surface area contributed by atoms with Crippen LogP contribution < -0.4 is 10.6 Å². The van der Waals surface area contributed by atoms with E-state index in [1.807, 2.05) is 12.1 Å². The van der Waals surface area contributed by atoms with Crippen molar-refractivity contribution in [2.75, 3.05) is 19.6 Å². The number of carbonyl (C=O) groups is 1. The predicted molar refractivity (Wildman–Crippen MR) is 65.1 cm³/mol.